The lowest BCUT2D eigenvalue weighted by Gasteiger charge is -2.11. The molecule has 0 saturated heterocycles. The molecule has 1 N–H and O–H groups in total. The first kappa shape index (κ1) is 20.6. The number of carbonyl (C=O) groups excluding carboxylic acids is 1. The van der Waals surface area contributed by atoms with Crippen LogP contribution in [0.2, 0.25) is 0 Å². The number of nitrogens with one attached hydrogen (secondary N) is 1. The molecule has 146 valence electrons. The van der Waals surface area contributed by atoms with Gasteiger partial charge in [0.1, 0.15) is 10.6 Å². The first-order chi connectivity index (χ1) is 13.0. The molecule has 1 aromatic carbocycles. The van der Waals surface area contributed by atoms with Crippen molar-refractivity contribution in [1.82, 2.24) is 10.2 Å². The van der Waals surface area contributed by atoms with Gasteiger partial charge in [-0.2, -0.15) is 0 Å². The molecule has 0 unspecified atom stereocenters. The smallest absolute Gasteiger partial charge is 0.286 e. The van der Waals surface area contributed by atoms with Gasteiger partial charge in [-0.25, -0.2) is 0 Å². The molecule has 0 atom stereocenters. The van der Waals surface area contributed by atoms with Crippen molar-refractivity contribution in [3.05, 3.63) is 32.8 Å². The van der Waals surface area contributed by atoms with Crippen LogP contribution in [0.5, 0.6) is 11.5 Å². The van der Waals surface area contributed by atoms with Gasteiger partial charge in [-0.05, 0) is 13.3 Å². The summed E-state index contributed by atoms with van der Waals surface area (Å²) in [4.78, 5) is 23.3. The summed E-state index contributed by atoms with van der Waals surface area (Å²) in [6.07, 6.45) is 3.99. The average Bonchev–Trinajstić information content (AvgIpc) is 3.09. The summed E-state index contributed by atoms with van der Waals surface area (Å²) in [5.41, 5.74) is -0.507. The number of hydrogen-bond donors (Lipinski definition) is 1. The zero-order valence-electron chi connectivity index (χ0n) is 15.5. The number of nitrogens with zero attached hydrogens (tertiary/aromatic N) is 3. The number of nitro groups is 1. The molecule has 0 aliphatic heterocycles. The van der Waals surface area contributed by atoms with Crippen molar-refractivity contribution in [1.29, 1.82) is 0 Å². The topological polar surface area (TPSA) is 116 Å². The number of carbonyl (C=O) groups is 1. The molecule has 0 spiro atoms. The number of unbranched alkanes of at least 4 members (excludes halogenated alkanes) is 2. The van der Waals surface area contributed by atoms with Crippen LogP contribution < -0.4 is 14.8 Å². The minimum absolute atomic E-state index is 0.136. The number of aromatic nitrogens is 2. The standard InChI is InChI=1S/C17H22N4O5S/c1-4-6-7-8-15-19-20-17(27-15)18-16(22)11-9-13(25-3)14(26-5-2)10-12(11)21(23)24/h9-10H,4-8H2,1-3H3,(H,18,20,22). The second-order valence-electron chi connectivity index (χ2n) is 5.62. The van der Waals surface area contributed by atoms with E-state index in [-0.39, 0.29) is 22.7 Å². The van der Waals surface area contributed by atoms with Crippen LogP contribution in [0.15, 0.2) is 12.1 Å². The lowest BCUT2D eigenvalue weighted by atomic mass is 10.1. The fourth-order valence-corrected chi connectivity index (χ4v) is 3.18. The third kappa shape index (κ3) is 5.36. The van der Waals surface area contributed by atoms with Crippen molar-refractivity contribution in [3.8, 4) is 11.5 Å². The largest absolute Gasteiger partial charge is 0.493 e. The number of anilines is 1. The molecule has 27 heavy (non-hydrogen) atoms. The Bertz CT molecular complexity index is 809. The molecule has 2 aromatic rings. The van der Waals surface area contributed by atoms with E-state index in [2.05, 4.69) is 22.4 Å². The Kier molecular flexibility index (Phi) is 7.47. The minimum atomic E-state index is -0.653. The Morgan fingerprint density at radius 2 is 2.04 bits per heavy atom. The lowest BCUT2D eigenvalue weighted by molar-refractivity contribution is -0.385. The van der Waals surface area contributed by atoms with Gasteiger partial charge in [0, 0.05) is 12.5 Å². The summed E-state index contributed by atoms with van der Waals surface area (Å²) in [6, 6.07) is 2.48. The second-order valence-corrected chi connectivity index (χ2v) is 6.68. The van der Waals surface area contributed by atoms with Crippen LogP contribution in [0.4, 0.5) is 10.8 Å². The zero-order valence-corrected chi connectivity index (χ0v) is 16.3. The Labute approximate surface area is 160 Å². The lowest BCUT2D eigenvalue weighted by Crippen LogP contribution is -2.14. The summed E-state index contributed by atoms with van der Waals surface area (Å²) in [5.74, 6) is -0.207. The number of hydrogen-bond acceptors (Lipinski definition) is 8. The number of aryl methyl sites for hydroxylation is 1. The number of methoxy groups -OCH3 is 1. The van der Waals surface area contributed by atoms with E-state index < -0.39 is 10.8 Å². The molecule has 2 rings (SSSR count). The zero-order chi connectivity index (χ0) is 19.8. The van der Waals surface area contributed by atoms with Crippen LogP contribution in [-0.4, -0.2) is 34.7 Å². The molecule has 0 bridgehead atoms. The molecule has 1 heterocycles. The van der Waals surface area contributed by atoms with Crippen molar-refractivity contribution in [2.24, 2.45) is 0 Å². The normalized spacial score (nSPS) is 10.5. The van der Waals surface area contributed by atoms with Crippen molar-refractivity contribution in [2.75, 3.05) is 19.0 Å². The number of rotatable bonds is 10. The van der Waals surface area contributed by atoms with Crippen LogP contribution in [0.25, 0.3) is 0 Å². The number of nitro benzene ring substituents is 1. The molecule has 1 aromatic heterocycles. The molecule has 0 saturated carbocycles. The van der Waals surface area contributed by atoms with E-state index in [4.69, 9.17) is 9.47 Å². The molecular weight excluding hydrogens is 372 g/mol. The van der Waals surface area contributed by atoms with Crippen molar-refractivity contribution >= 4 is 28.1 Å². The molecule has 0 fully saturated rings. The molecule has 10 heteroatoms. The molecule has 1 amide bonds. The van der Waals surface area contributed by atoms with E-state index in [0.717, 1.165) is 30.7 Å². The molecule has 0 aliphatic carbocycles. The van der Waals surface area contributed by atoms with E-state index >= 15 is 0 Å². The summed E-state index contributed by atoms with van der Waals surface area (Å²) >= 11 is 1.26. The van der Waals surface area contributed by atoms with E-state index in [1.807, 2.05) is 0 Å². The van der Waals surface area contributed by atoms with Crippen molar-refractivity contribution in [3.63, 3.8) is 0 Å². The minimum Gasteiger partial charge on any atom is -0.493 e. The highest BCUT2D eigenvalue weighted by atomic mass is 32.1. The first-order valence-electron chi connectivity index (χ1n) is 8.63. The van der Waals surface area contributed by atoms with Gasteiger partial charge in [-0.1, -0.05) is 31.1 Å². The van der Waals surface area contributed by atoms with Crippen molar-refractivity contribution in [2.45, 2.75) is 39.5 Å². The van der Waals surface area contributed by atoms with Crippen LogP contribution in [0.1, 0.15) is 48.5 Å². The van der Waals surface area contributed by atoms with E-state index in [1.54, 1.807) is 6.92 Å². The Morgan fingerprint density at radius 3 is 2.67 bits per heavy atom. The van der Waals surface area contributed by atoms with E-state index in [1.165, 1.54) is 30.6 Å². The molecule has 0 radical (unpaired) electrons. The number of benzene rings is 1. The van der Waals surface area contributed by atoms with Crippen LogP contribution >= 0.6 is 11.3 Å². The van der Waals surface area contributed by atoms with Gasteiger partial charge in [-0.3, -0.25) is 20.2 Å². The maximum atomic E-state index is 12.6. The fourth-order valence-electron chi connectivity index (χ4n) is 2.41. The van der Waals surface area contributed by atoms with Gasteiger partial charge in [0.05, 0.1) is 24.7 Å². The monoisotopic (exact) mass is 394 g/mol. The molecule has 9 nitrogen and oxygen atoms in total. The first-order valence-corrected chi connectivity index (χ1v) is 9.44. The summed E-state index contributed by atoms with van der Waals surface area (Å²) in [5, 5.41) is 23.1. The summed E-state index contributed by atoms with van der Waals surface area (Å²) in [6.45, 7) is 4.17. The van der Waals surface area contributed by atoms with E-state index in [9.17, 15) is 14.9 Å². The highest BCUT2D eigenvalue weighted by Crippen LogP contribution is 2.35. The fraction of sp³-hybridized carbons (Fsp3) is 0.471. The highest BCUT2D eigenvalue weighted by molar-refractivity contribution is 7.15. The highest BCUT2D eigenvalue weighted by Gasteiger charge is 2.25. The Hall–Kier alpha value is -2.75. The Morgan fingerprint density at radius 1 is 1.26 bits per heavy atom. The van der Waals surface area contributed by atoms with Gasteiger partial charge in [-0.15, -0.1) is 10.2 Å². The average molecular weight is 394 g/mol. The maximum absolute atomic E-state index is 12.6. The van der Waals surface area contributed by atoms with Crippen LogP contribution in [0, 0.1) is 10.1 Å². The maximum Gasteiger partial charge on any atom is 0.286 e. The van der Waals surface area contributed by atoms with Gasteiger partial charge < -0.3 is 9.47 Å². The summed E-state index contributed by atoms with van der Waals surface area (Å²) < 4.78 is 10.5. The predicted molar refractivity (Wildman–Crippen MR) is 102 cm³/mol. The van der Waals surface area contributed by atoms with Gasteiger partial charge in [0.25, 0.3) is 11.6 Å². The Balaban J connectivity index is 2.23. The second kappa shape index (κ2) is 9.81. The number of ether oxygens (including phenoxy) is 2. The SMILES string of the molecule is CCCCCc1nnc(NC(=O)c2cc(OC)c(OCC)cc2[N+](=O)[O-])s1. The number of amides is 1. The van der Waals surface area contributed by atoms with Gasteiger partial charge in [0.2, 0.25) is 5.13 Å². The van der Waals surface area contributed by atoms with Crippen LogP contribution in [0.3, 0.4) is 0 Å². The third-order valence-electron chi connectivity index (χ3n) is 3.70. The summed E-state index contributed by atoms with van der Waals surface area (Å²) in [7, 11) is 1.40. The van der Waals surface area contributed by atoms with E-state index in [0.29, 0.717) is 11.7 Å². The predicted octanol–water partition coefficient (Wildman–Crippen LogP) is 3.84. The van der Waals surface area contributed by atoms with Gasteiger partial charge >= 0.3 is 0 Å². The molecular formula is C17H22N4O5S. The van der Waals surface area contributed by atoms with Crippen LogP contribution in [-0.2, 0) is 6.42 Å². The third-order valence-corrected chi connectivity index (χ3v) is 4.60. The molecule has 0 aliphatic rings. The van der Waals surface area contributed by atoms with Gasteiger partial charge in [0.15, 0.2) is 11.5 Å². The van der Waals surface area contributed by atoms with Crippen molar-refractivity contribution < 1.29 is 19.2 Å². The quantitative estimate of drug-likeness (QED) is 0.370.